The Morgan fingerprint density at radius 1 is 0.917 bits per heavy atom. The maximum Gasteiger partial charge on any atom is 0.310 e. The van der Waals surface area contributed by atoms with Gasteiger partial charge in [0, 0.05) is 5.69 Å². The lowest BCUT2D eigenvalue weighted by atomic mass is 10.0. The summed E-state index contributed by atoms with van der Waals surface area (Å²) in [6, 6.07) is 11.6. The third-order valence-corrected chi connectivity index (χ3v) is 3.79. The number of benzene rings is 2. The highest BCUT2D eigenvalue weighted by molar-refractivity contribution is 5.93. The molecule has 0 aromatic heterocycles. The van der Waals surface area contributed by atoms with Crippen LogP contribution in [0.25, 0.3) is 0 Å². The second-order valence-electron chi connectivity index (χ2n) is 6.18. The molecule has 0 spiro atoms. The fraction of sp³-hybridized carbons (Fsp3) is 0.300. The maximum atomic E-state index is 11.9. The highest BCUT2D eigenvalue weighted by Gasteiger charge is 2.10. The van der Waals surface area contributed by atoms with Crippen molar-refractivity contribution in [1.82, 2.24) is 0 Å². The molecule has 0 saturated carbocycles. The van der Waals surface area contributed by atoms with Gasteiger partial charge in [0.25, 0.3) is 5.91 Å². The summed E-state index contributed by atoms with van der Waals surface area (Å²) in [7, 11) is 0. The van der Waals surface area contributed by atoms with E-state index in [0.29, 0.717) is 5.69 Å². The summed E-state index contributed by atoms with van der Waals surface area (Å²) in [5.41, 5.74) is 6.04. The predicted molar refractivity (Wildman–Crippen MR) is 95.1 cm³/mol. The Bertz CT molecular complexity index is 745. The molecule has 2 aromatic carbocycles. The molecule has 0 saturated heterocycles. The van der Waals surface area contributed by atoms with Crippen molar-refractivity contribution in [3.8, 4) is 0 Å². The quantitative estimate of drug-likeness (QED) is 0.854. The lowest BCUT2D eigenvalue weighted by Crippen LogP contribution is -2.21. The first kappa shape index (κ1) is 17.7. The molecule has 0 atom stereocenters. The van der Waals surface area contributed by atoms with E-state index in [2.05, 4.69) is 5.32 Å². The smallest absolute Gasteiger partial charge is 0.310 e. The molecule has 4 nitrogen and oxygen atoms in total. The van der Waals surface area contributed by atoms with E-state index in [-0.39, 0.29) is 18.9 Å². The van der Waals surface area contributed by atoms with Gasteiger partial charge >= 0.3 is 5.97 Å². The zero-order valence-corrected chi connectivity index (χ0v) is 14.6. The number of rotatable bonds is 5. The fourth-order valence-corrected chi connectivity index (χ4v) is 2.52. The number of hydrogen-bond donors (Lipinski definition) is 1. The molecule has 0 aliphatic rings. The highest BCUT2D eigenvalue weighted by Crippen LogP contribution is 2.14. The van der Waals surface area contributed by atoms with Crippen LogP contribution in [-0.2, 0) is 20.7 Å². The molecule has 2 rings (SSSR count). The van der Waals surface area contributed by atoms with Crippen LogP contribution in [-0.4, -0.2) is 18.5 Å². The minimum absolute atomic E-state index is 0.165. The van der Waals surface area contributed by atoms with E-state index in [1.54, 1.807) is 0 Å². The Morgan fingerprint density at radius 2 is 1.58 bits per heavy atom. The van der Waals surface area contributed by atoms with Crippen LogP contribution in [0, 0.1) is 27.7 Å². The van der Waals surface area contributed by atoms with Crippen LogP contribution in [0.4, 0.5) is 5.69 Å². The fourth-order valence-electron chi connectivity index (χ4n) is 2.52. The third kappa shape index (κ3) is 5.23. The molecule has 126 valence electrons. The van der Waals surface area contributed by atoms with Crippen LogP contribution < -0.4 is 5.32 Å². The largest absolute Gasteiger partial charge is 0.455 e. The Hall–Kier alpha value is -2.62. The van der Waals surface area contributed by atoms with Crippen molar-refractivity contribution in [2.75, 3.05) is 11.9 Å². The van der Waals surface area contributed by atoms with Gasteiger partial charge in [-0.1, -0.05) is 24.3 Å². The van der Waals surface area contributed by atoms with Crippen molar-refractivity contribution in [2.24, 2.45) is 0 Å². The van der Waals surface area contributed by atoms with Gasteiger partial charge in [-0.2, -0.15) is 0 Å². The van der Waals surface area contributed by atoms with Crippen molar-refractivity contribution in [3.05, 3.63) is 64.2 Å². The number of ether oxygens (including phenoxy) is 1. The van der Waals surface area contributed by atoms with Gasteiger partial charge in [0.05, 0.1) is 6.42 Å². The number of aryl methyl sites for hydroxylation is 4. The summed E-state index contributed by atoms with van der Waals surface area (Å²) in [6.45, 7) is 7.67. The number of carbonyl (C=O) groups excluding carboxylic acids is 2. The van der Waals surface area contributed by atoms with Gasteiger partial charge in [-0.25, -0.2) is 0 Å². The van der Waals surface area contributed by atoms with E-state index in [1.807, 2.05) is 64.1 Å². The summed E-state index contributed by atoms with van der Waals surface area (Å²) in [6.07, 6.45) is 0.165. The average molecular weight is 325 g/mol. The molecule has 2 aromatic rings. The van der Waals surface area contributed by atoms with Crippen LogP contribution in [0.1, 0.15) is 27.8 Å². The summed E-state index contributed by atoms with van der Waals surface area (Å²) in [5, 5.41) is 2.74. The maximum absolute atomic E-state index is 11.9. The van der Waals surface area contributed by atoms with Crippen LogP contribution >= 0.6 is 0 Å². The Kier molecular flexibility index (Phi) is 5.74. The molecule has 0 fully saturated rings. The van der Waals surface area contributed by atoms with Crippen molar-refractivity contribution < 1.29 is 14.3 Å². The van der Waals surface area contributed by atoms with Crippen LogP contribution in [0.5, 0.6) is 0 Å². The van der Waals surface area contributed by atoms with Gasteiger partial charge in [0.15, 0.2) is 6.61 Å². The standard InChI is InChI=1S/C20H23NO3/c1-13-7-14(2)9-18(8-13)21-19(22)12-24-20(23)11-17-6-5-15(3)16(4)10-17/h5-10H,11-12H2,1-4H3,(H,21,22). The second kappa shape index (κ2) is 7.77. The number of amides is 1. The van der Waals surface area contributed by atoms with E-state index < -0.39 is 5.97 Å². The Labute approximate surface area is 142 Å². The van der Waals surface area contributed by atoms with Crippen molar-refractivity contribution in [2.45, 2.75) is 34.1 Å². The van der Waals surface area contributed by atoms with Crippen molar-refractivity contribution in [1.29, 1.82) is 0 Å². The number of carbonyl (C=O) groups is 2. The minimum atomic E-state index is -0.408. The van der Waals surface area contributed by atoms with E-state index in [9.17, 15) is 9.59 Å². The normalized spacial score (nSPS) is 10.3. The molecule has 0 aliphatic carbocycles. The van der Waals surface area contributed by atoms with Gasteiger partial charge in [-0.05, 0) is 67.6 Å². The van der Waals surface area contributed by atoms with Crippen molar-refractivity contribution in [3.63, 3.8) is 0 Å². The molecule has 24 heavy (non-hydrogen) atoms. The summed E-state index contributed by atoms with van der Waals surface area (Å²) < 4.78 is 5.06. The van der Waals surface area contributed by atoms with E-state index in [1.165, 1.54) is 5.56 Å². The highest BCUT2D eigenvalue weighted by atomic mass is 16.5. The Morgan fingerprint density at radius 3 is 2.21 bits per heavy atom. The van der Waals surface area contributed by atoms with Gasteiger partial charge < -0.3 is 10.1 Å². The van der Waals surface area contributed by atoms with Gasteiger partial charge in [-0.3, -0.25) is 9.59 Å². The summed E-state index contributed by atoms with van der Waals surface area (Å²) in [4.78, 5) is 23.8. The minimum Gasteiger partial charge on any atom is -0.455 e. The van der Waals surface area contributed by atoms with Crippen LogP contribution in [0.15, 0.2) is 36.4 Å². The molecule has 0 unspecified atom stereocenters. The molecule has 4 heteroatoms. The van der Waals surface area contributed by atoms with E-state index in [0.717, 1.165) is 22.3 Å². The third-order valence-electron chi connectivity index (χ3n) is 3.79. The molecular formula is C20H23NO3. The first-order chi connectivity index (χ1) is 11.3. The first-order valence-corrected chi connectivity index (χ1v) is 7.93. The molecule has 1 N–H and O–H groups in total. The van der Waals surface area contributed by atoms with Crippen LogP contribution in [0.3, 0.4) is 0 Å². The lowest BCUT2D eigenvalue weighted by molar-refractivity contribution is -0.146. The van der Waals surface area contributed by atoms with Crippen LogP contribution in [0.2, 0.25) is 0 Å². The zero-order chi connectivity index (χ0) is 17.7. The zero-order valence-electron chi connectivity index (χ0n) is 14.6. The van der Waals surface area contributed by atoms with Gasteiger partial charge in [-0.15, -0.1) is 0 Å². The number of hydrogen-bond acceptors (Lipinski definition) is 3. The van der Waals surface area contributed by atoms with E-state index >= 15 is 0 Å². The van der Waals surface area contributed by atoms with Crippen molar-refractivity contribution >= 4 is 17.6 Å². The predicted octanol–water partition coefficient (Wildman–Crippen LogP) is 3.64. The molecule has 0 radical (unpaired) electrons. The lowest BCUT2D eigenvalue weighted by Gasteiger charge is -2.09. The molecule has 0 bridgehead atoms. The second-order valence-corrected chi connectivity index (χ2v) is 6.18. The summed E-state index contributed by atoms with van der Waals surface area (Å²) in [5.74, 6) is -0.748. The number of nitrogens with one attached hydrogen (secondary N) is 1. The van der Waals surface area contributed by atoms with Gasteiger partial charge in [0.1, 0.15) is 0 Å². The molecule has 1 amide bonds. The molecule has 0 aliphatic heterocycles. The SMILES string of the molecule is Cc1cc(C)cc(NC(=O)COC(=O)Cc2ccc(C)c(C)c2)c1. The number of anilines is 1. The molecular weight excluding hydrogens is 302 g/mol. The Balaban J connectivity index is 1.84. The topological polar surface area (TPSA) is 55.4 Å². The first-order valence-electron chi connectivity index (χ1n) is 7.93. The average Bonchev–Trinajstić information content (AvgIpc) is 2.48. The van der Waals surface area contributed by atoms with E-state index in [4.69, 9.17) is 4.74 Å². The monoisotopic (exact) mass is 325 g/mol. The molecule has 0 heterocycles. The van der Waals surface area contributed by atoms with Gasteiger partial charge in [0.2, 0.25) is 0 Å². The summed E-state index contributed by atoms with van der Waals surface area (Å²) >= 11 is 0. The number of esters is 1.